The fraction of sp³-hybridized carbons (Fsp3) is 0.250. The largest absolute Gasteiger partial charge is 0.497 e. The Balaban J connectivity index is 1.58. The molecule has 3 aromatic carbocycles. The van der Waals surface area contributed by atoms with Gasteiger partial charge in [-0.3, -0.25) is 9.59 Å². The van der Waals surface area contributed by atoms with Crippen LogP contribution >= 0.6 is 0 Å². The number of rotatable bonds is 9. The third-order valence-electron chi connectivity index (χ3n) is 5.89. The van der Waals surface area contributed by atoms with Gasteiger partial charge in [-0.05, 0) is 73.5 Å². The third kappa shape index (κ3) is 5.49. The Morgan fingerprint density at radius 1 is 0.972 bits per heavy atom. The number of nitrogens with one attached hydrogen (secondary N) is 1. The number of methoxy groups -OCH3 is 1. The van der Waals surface area contributed by atoms with Crippen LogP contribution in [-0.2, 0) is 16.1 Å². The van der Waals surface area contributed by atoms with Crippen molar-refractivity contribution in [3.63, 3.8) is 0 Å². The van der Waals surface area contributed by atoms with Crippen LogP contribution in [0.2, 0.25) is 0 Å². The molecule has 3 aromatic rings. The van der Waals surface area contributed by atoms with Crippen LogP contribution in [0.4, 0.5) is 16.2 Å². The minimum Gasteiger partial charge on any atom is -0.497 e. The first kappa shape index (κ1) is 24.8. The lowest BCUT2D eigenvalue weighted by Crippen LogP contribution is -2.37. The molecule has 0 spiro atoms. The van der Waals surface area contributed by atoms with Gasteiger partial charge in [-0.1, -0.05) is 24.3 Å². The number of urea groups is 1. The fourth-order valence-electron chi connectivity index (χ4n) is 4.17. The van der Waals surface area contributed by atoms with Gasteiger partial charge in [0.15, 0.2) is 0 Å². The Morgan fingerprint density at radius 3 is 2.42 bits per heavy atom. The Morgan fingerprint density at radius 2 is 1.72 bits per heavy atom. The molecule has 1 saturated heterocycles. The number of amides is 4. The van der Waals surface area contributed by atoms with E-state index in [2.05, 4.69) is 5.32 Å². The van der Waals surface area contributed by atoms with Crippen molar-refractivity contribution in [1.29, 1.82) is 0 Å². The lowest BCUT2D eigenvalue weighted by molar-refractivity contribution is -0.124. The van der Waals surface area contributed by atoms with E-state index < -0.39 is 18.0 Å². The number of nitrogens with zero attached hydrogens (tertiary/aromatic N) is 2. The van der Waals surface area contributed by atoms with Crippen LogP contribution in [-0.4, -0.2) is 42.5 Å². The maximum atomic E-state index is 13.5. The highest BCUT2D eigenvalue weighted by Gasteiger charge is 2.46. The van der Waals surface area contributed by atoms with Crippen LogP contribution in [0.1, 0.15) is 24.5 Å². The molecule has 1 atom stereocenters. The quantitative estimate of drug-likeness (QED) is 0.440. The predicted molar refractivity (Wildman–Crippen MR) is 137 cm³/mol. The van der Waals surface area contributed by atoms with E-state index in [4.69, 9.17) is 9.47 Å². The molecule has 4 amide bonds. The topological polar surface area (TPSA) is 88.2 Å². The summed E-state index contributed by atoms with van der Waals surface area (Å²) in [6, 6.07) is 20.1. The van der Waals surface area contributed by atoms with E-state index in [1.54, 1.807) is 55.6 Å². The van der Waals surface area contributed by atoms with E-state index in [9.17, 15) is 14.4 Å². The molecular weight excluding hydrogens is 458 g/mol. The van der Waals surface area contributed by atoms with Gasteiger partial charge < -0.3 is 19.7 Å². The van der Waals surface area contributed by atoms with Gasteiger partial charge in [0.25, 0.3) is 5.91 Å². The predicted octanol–water partition coefficient (Wildman–Crippen LogP) is 4.77. The Hall–Kier alpha value is -4.33. The van der Waals surface area contributed by atoms with E-state index in [1.807, 2.05) is 38.1 Å². The number of ether oxygens (including phenoxy) is 2. The van der Waals surface area contributed by atoms with E-state index in [0.29, 0.717) is 29.5 Å². The van der Waals surface area contributed by atoms with Crippen LogP contribution in [0, 0.1) is 6.92 Å². The lowest BCUT2D eigenvalue weighted by atomic mass is 10.1. The zero-order valence-corrected chi connectivity index (χ0v) is 20.6. The van der Waals surface area contributed by atoms with Crippen molar-refractivity contribution in [2.24, 2.45) is 0 Å². The van der Waals surface area contributed by atoms with Gasteiger partial charge in [-0.2, -0.15) is 0 Å². The first-order chi connectivity index (χ1) is 17.4. The zero-order chi connectivity index (χ0) is 25.7. The molecule has 36 heavy (non-hydrogen) atoms. The average Bonchev–Trinajstić information content (AvgIpc) is 3.09. The number of hydrogen-bond acceptors (Lipinski definition) is 5. The summed E-state index contributed by atoms with van der Waals surface area (Å²) >= 11 is 0. The van der Waals surface area contributed by atoms with E-state index >= 15 is 0 Å². The smallest absolute Gasteiger partial charge is 0.332 e. The monoisotopic (exact) mass is 487 g/mol. The molecule has 0 aromatic heterocycles. The molecule has 0 bridgehead atoms. The van der Waals surface area contributed by atoms with E-state index in [0.717, 1.165) is 16.0 Å². The van der Waals surface area contributed by atoms with Crippen molar-refractivity contribution in [2.45, 2.75) is 32.9 Å². The van der Waals surface area contributed by atoms with Gasteiger partial charge in [0.1, 0.15) is 17.5 Å². The second kappa shape index (κ2) is 10.9. The average molecular weight is 488 g/mol. The third-order valence-corrected chi connectivity index (χ3v) is 5.89. The number of carbonyl (C=O) groups excluding carboxylic acids is 3. The molecule has 0 radical (unpaired) electrons. The maximum absolute atomic E-state index is 13.5. The maximum Gasteiger partial charge on any atom is 0.332 e. The molecule has 186 valence electrons. The molecule has 0 aliphatic carbocycles. The van der Waals surface area contributed by atoms with Gasteiger partial charge in [-0.25, -0.2) is 9.69 Å². The van der Waals surface area contributed by atoms with Gasteiger partial charge in [0.2, 0.25) is 5.91 Å². The number of carbonyl (C=O) groups is 3. The van der Waals surface area contributed by atoms with E-state index in [-0.39, 0.29) is 18.9 Å². The normalized spacial score (nSPS) is 15.2. The lowest BCUT2D eigenvalue weighted by Gasteiger charge is -2.22. The van der Waals surface area contributed by atoms with Crippen molar-refractivity contribution >= 4 is 29.2 Å². The summed E-state index contributed by atoms with van der Waals surface area (Å²) in [5.41, 5.74) is 2.77. The van der Waals surface area contributed by atoms with Gasteiger partial charge in [0.05, 0.1) is 25.8 Å². The highest BCUT2D eigenvalue weighted by molar-refractivity contribution is 6.22. The van der Waals surface area contributed by atoms with Gasteiger partial charge >= 0.3 is 6.03 Å². The summed E-state index contributed by atoms with van der Waals surface area (Å²) in [4.78, 5) is 42.5. The second-order valence-corrected chi connectivity index (χ2v) is 8.50. The van der Waals surface area contributed by atoms with Crippen molar-refractivity contribution < 1.29 is 23.9 Å². The summed E-state index contributed by atoms with van der Waals surface area (Å²) in [6.45, 7) is 4.49. The molecule has 1 heterocycles. The first-order valence-corrected chi connectivity index (χ1v) is 11.8. The molecule has 1 N–H and O–H groups in total. The fourth-order valence-corrected chi connectivity index (χ4v) is 4.17. The number of hydrogen-bond donors (Lipinski definition) is 1. The molecule has 1 fully saturated rings. The summed E-state index contributed by atoms with van der Waals surface area (Å²) < 4.78 is 10.7. The minimum absolute atomic E-state index is 0.158. The summed E-state index contributed by atoms with van der Waals surface area (Å²) in [6.07, 6.45) is -0.177. The number of aryl methyl sites for hydroxylation is 1. The highest BCUT2D eigenvalue weighted by Crippen LogP contribution is 2.30. The van der Waals surface area contributed by atoms with Gasteiger partial charge in [-0.15, -0.1) is 0 Å². The Kier molecular flexibility index (Phi) is 7.53. The molecule has 0 unspecified atom stereocenters. The van der Waals surface area contributed by atoms with Crippen molar-refractivity contribution in [3.8, 4) is 11.5 Å². The van der Waals surface area contributed by atoms with Crippen LogP contribution < -0.4 is 19.7 Å². The van der Waals surface area contributed by atoms with Crippen LogP contribution in [0.15, 0.2) is 72.8 Å². The number of benzene rings is 3. The molecule has 0 saturated carbocycles. The van der Waals surface area contributed by atoms with Crippen molar-refractivity contribution in [2.75, 3.05) is 23.9 Å². The summed E-state index contributed by atoms with van der Waals surface area (Å²) in [5.74, 6) is 0.540. The zero-order valence-electron chi connectivity index (χ0n) is 20.6. The molecular formula is C28H29N3O5. The highest BCUT2D eigenvalue weighted by atomic mass is 16.5. The van der Waals surface area contributed by atoms with Crippen LogP contribution in [0.3, 0.4) is 0 Å². The number of anilines is 2. The Labute approximate surface area is 210 Å². The van der Waals surface area contributed by atoms with Crippen molar-refractivity contribution in [3.05, 3.63) is 83.9 Å². The number of imide groups is 1. The van der Waals surface area contributed by atoms with Crippen molar-refractivity contribution in [1.82, 2.24) is 4.90 Å². The molecule has 8 heteroatoms. The second-order valence-electron chi connectivity index (χ2n) is 8.50. The first-order valence-electron chi connectivity index (χ1n) is 11.8. The standard InChI is InChI=1S/C28H29N3O5/c1-4-36-23-13-11-21(12-14-23)29-26(32)17-25-27(33)31(22-9-5-7-19(2)15-22)28(34)30(25)18-20-8-6-10-24(16-20)35-3/h5-16,25H,4,17-18H2,1-3H3,(H,29,32)/t25-/m0/s1. The van der Waals surface area contributed by atoms with Crippen LogP contribution in [0.5, 0.6) is 11.5 Å². The van der Waals surface area contributed by atoms with Crippen LogP contribution in [0.25, 0.3) is 0 Å². The van der Waals surface area contributed by atoms with E-state index in [1.165, 1.54) is 4.90 Å². The SMILES string of the molecule is CCOc1ccc(NC(=O)C[C@H]2C(=O)N(c3cccc(C)c3)C(=O)N2Cc2cccc(OC)c2)cc1. The molecule has 8 nitrogen and oxygen atoms in total. The molecule has 1 aliphatic rings. The van der Waals surface area contributed by atoms with Gasteiger partial charge in [0, 0.05) is 12.2 Å². The molecule has 1 aliphatic heterocycles. The Bertz CT molecular complexity index is 1260. The summed E-state index contributed by atoms with van der Waals surface area (Å²) in [5, 5.41) is 2.82. The molecule has 4 rings (SSSR count). The minimum atomic E-state index is -0.952. The summed E-state index contributed by atoms with van der Waals surface area (Å²) in [7, 11) is 1.57.